The molecule has 1 aromatic heterocycles. The summed E-state index contributed by atoms with van der Waals surface area (Å²) in [6, 6.07) is 21.0. The molecule has 0 radical (unpaired) electrons. The van der Waals surface area contributed by atoms with Gasteiger partial charge in [-0.15, -0.1) is 11.8 Å². The van der Waals surface area contributed by atoms with E-state index in [1.165, 1.54) is 0 Å². The summed E-state index contributed by atoms with van der Waals surface area (Å²) in [4.78, 5) is 17.7. The Labute approximate surface area is 151 Å². The maximum absolute atomic E-state index is 12.5. The van der Waals surface area contributed by atoms with Crippen LogP contribution in [-0.4, -0.2) is 17.3 Å². The third-order valence-corrected chi connectivity index (χ3v) is 4.50. The lowest BCUT2D eigenvalue weighted by atomic mass is 10.00. The maximum atomic E-state index is 12.5. The highest BCUT2D eigenvalue weighted by molar-refractivity contribution is 7.98. The van der Waals surface area contributed by atoms with E-state index in [1.54, 1.807) is 24.2 Å². The van der Waals surface area contributed by atoms with E-state index in [9.17, 15) is 4.79 Å². The summed E-state index contributed by atoms with van der Waals surface area (Å²) in [5, 5.41) is 5.96. The number of aromatic nitrogens is 1. The van der Waals surface area contributed by atoms with Gasteiger partial charge in [0.05, 0.1) is 6.04 Å². The molecule has 3 rings (SSSR count). The van der Waals surface area contributed by atoms with Crippen LogP contribution in [0.25, 0.3) is 0 Å². The smallest absolute Gasteiger partial charge is 0.319 e. The largest absolute Gasteiger partial charge is 0.327 e. The van der Waals surface area contributed by atoms with Crippen LogP contribution in [-0.2, 0) is 0 Å². The van der Waals surface area contributed by atoms with Gasteiger partial charge in [0.1, 0.15) is 0 Å². The summed E-state index contributed by atoms with van der Waals surface area (Å²) in [6.07, 6.45) is 5.47. The maximum Gasteiger partial charge on any atom is 0.319 e. The molecule has 2 amide bonds. The first-order valence-electron chi connectivity index (χ1n) is 7.92. The number of pyridine rings is 1. The van der Waals surface area contributed by atoms with Crippen LogP contribution in [0.3, 0.4) is 0 Å². The quantitative estimate of drug-likeness (QED) is 0.656. The predicted octanol–water partition coefficient (Wildman–Crippen LogP) is 4.71. The fraction of sp³-hybridized carbons (Fsp3) is 0.100. The molecule has 0 bridgehead atoms. The normalized spacial score (nSPS) is 11.6. The Hall–Kier alpha value is -2.79. The van der Waals surface area contributed by atoms with Crippen LogP contribution in [0.1, 0.15) is 17.2 Å². The molecule has 1 atom stereocenters. The Balaban J connectivity index is 1.79. The first-order chi connectivity index (χ1) is 12.3. The summed E-state index contributed by atoms with van der Waals surface area (Å²) in [5.74, 6) is 0. The summed E-state index contributed by atoms with van der Waals surface area (Å²) >= 11 is 1.64. The van der Waals surface area contributed by atoms with E-state index in [1.807, 2.05) is 73.0 Å². The second kappa shape index (κ2) is 8.35. The lowest BCUT2D eigenvalue weighted by molar-refractivity contribution is 0.250. The number of hydrogen-bond donors (Lipinski definition) is 2. The van der Waals surface area contributed by atoms with Gasteiger partial charge < -0.3 is 10.6 Å². The molecule has 2 aromatic carbocycles. The Morgan fingerprint density at radius 1 is 0.960 bits per heavy atom. The number of rotatable bonds is 5. The van der Waals surface area contributed by atoms with Crippen molar-refractivity contribution >= 4 is 23.5 Å². The fourth-order valence-electron chi connectivity index (χ4n) is 2.56. The summed E-state index contributed by atoms with van der Waals surface area (Å²) in [5.41, 5.74) is 2.77. The Morgan fingerprint density at radius 2 is 1.68 bits per heavy atom. The number of thioether (sulfide) groups is 1. The zero-order chi connectivity index (χ0) is 17.5. The van der Waals surface area contributed by atoms with E-state index in [-0.39, 0.29) is 12.1 Å². The van der Waals surface area contributed by atoms with E-state index in [4.69, 9.17) is 0 Å². The third-order valence-electron chi connectivity index (χ3n) is 3.78. The van der Waals surface area contributed by atoms with Crippen LogP contribution in [0, 0.1) is 0 Å². The molecule has 0 saturated carbocycles. The van der Waals surface area contributed by atoms with Crippen molar-refractivity contribution in [2.24, 2.45) is 0 Å². The molecule has 1 unspecified atom stereocenters. The number of amides is 2. The number of anilines is 1. The molecule has 0 fully saturated rings. The highest BCUT2D eigenvalue weighted by Gasteiger charge is 2.16. The minimum absolute atomic E-state index is 0.243. The second-order valence-electron chi connectivity index (χ2n) is 5.45. The Morgan fingerprint density at radius 3 is 2.40 bits per heavy atom. The highest BCUT2D eigenvalue weighted by atomic mass is 32.2. The molecule has 0 saturated heterocycles. The monoisotopic (exact) mass is 349 g/mol. The molecule has 4 nitrogen and oxygen atoms in total. The predicted molar refractivity (Wildman–Crippen MR) is 103 cm³/mol. The van der Waals surface area contributed by atoms with Crippen LogP contribution in [0.4, 0.5) is 10.5 Å². The molecule has 1 heterocycles. The first kappa shape index (κ1) is 17.0. The molecule has 0 aliphatic rings. The van der Waals surface area contributed by atoms with Crippen molar-refractivity contribution in [3.63, 3.8) is 0 Å². The molecule has 25 heavy (non-hydrogen) atoms. The van der Waals surface area contributed by atoms with Gasteiger partial charge in [0.2, 0.25) is 0 Å². The zero-order valence-corrected chi connectivity index (χ0v) is 14.7. The number of carbonyl (C=O) groups is 1. The number of carbonyl (C=O) groups excluding carboxylic acids is 1. The van der Waals surface area contributed by atoms with Gasteiger partial charge in [-0.3, -0.25) is 4.98 Å². The van der Waals surface area contributed by atoms with Crippen molar-refractivity contribution in [1.29, 1.82) is 0 Å². The molecular weight excluding hydrogens is 330 g/mol. The van der Waals surface area contributed by atoms with Gasteiger partial charge in [-0.05, 0) is 47.7 Å². The number of nitrogens with one attached hydrogen (secondary N) is 2. The lowest BCUT2D eigenvalue weighted by Gasteiger charge is -2.20. The van der Waals surface area contributed by atoms with E-state index < -0.39 is 0 Å². The van der Waals surface area contributed by atoms with E-state index in [2.05, 4.69) is 15.6 Å². The van der Waals surface area contributed by atoms with Crippen LogP contribution < -0.4 is 10.6 Å². The van der Waals surface area contributed by atoms with Crippen molar-refractivity contribution in [1.82, 2.24) is 10.3 Å². The average molecular weight is 349 g/mol. The molecule has 2 N–H and O–H groups in total. The summed E-state index contributed by atoms with van der Waals surface area (Å²) in [7, 11) is 0. The molecule has 3 aromatic rings. The van der Waals surface area contributed by atoms with Crippen LogP contribution in [0.15, 0.2) is 84.0 Å². The van der Waals surface area contributed by atoms with Gasteiger partial charge in [-0.25, -0.2) is 4.79 Å². The van der Waals surface area contributed by atoms with Gasteiger partial charge in [-0.2, -0.15) is 0 Å². The summed E-state index contributed by atoms with van der Waals surface area (Å²) < 4.78 is 0. The zero-order valence-electron chi connectivity index (χ0n) is 13.8. The van der Waals surface area contributed by atoms with Crippen LogP contribution in [0.2, 0.25) is 0 Å². The molecule has 0 aliphatic carbocycles. The molecular formula is C20H19N3OS. The number of hydrogen-bond acceptors (Lipinski definition) is 3. The number of urea groups is 1. The van der Waals surface area contributed by atoms with Crippen molar-refractivity contribution in [2.75, 3.05) is 11.6 Å². The lowest BCUT2D eigenvalue weighted by Crippen LogP contribution is -2.33. The highest BCUT2D eigenvalue weighted by Crippen LogP contribution is 2.22. The molecule has 5 heteroatoms. The number of nitrogens with zero attached hydrogens (tertiary/aromatic N) is 1. The van der Waals surface area contributed by atoms with Crippen LogP contribution >= 0.6 is 11.8 Å². The standard InChI is InChI=1S/C20H19N3OS/c1-25-18-9-5-8-17(14-18)22-20(24)23-19(15-6-3-2-4-7-15)16-10-12-21-13-11-16/h2-14,19H,1H3,(H2,22,23,24). The minimum Gasteiger partial charge on any atom is -0.327 e. The Kier molecular flexibility index (Phi) is 5.69. The molecule has 126 valence electrons. The van der Waals surface area contributed by atoms with Crippen molar-refractivity contribution in [2.45, 2.75) is 10.9 Å². The van der Waals surface area contributed by atoms with Crippen LogP contribution in [0.5, 0.6) is 0 Å². The van der Waals surface area contributed by atoms with Gasteiger partial charge in [0.25, 0.3) is 0 Å². The van der Waals surface area contributed by atoms with E-state index >= 15 is 0 Å². The molecule has 0 spiro atoms. The molecule has 0 aliphatic heterocycles. The van der Waals surface area contributed by atoms with E-state index in [0.29, 0.717) is 0 Å². The van der Waals surface area contributed by atoms with Gasteiger partial charge in [-0.1, -0.05) is 36.4 Å². The Bertz CT molecular complexity index is 785. The van der Waals surface area contributed by atoms with Crippen molar-refractivity contribution in [3.8, 4) is 0 Å². The number of benzene rings is 2. The second-order valence-corrected chi connectivity index (χ2v) is 6.33. The van der Waals surface area contributed by atoms with Gasteiger partial charge in [0.15, 0.2) is 0 Å². The minimum atomic E-state index is -0.246. The average Bonchev–Trinajstić information content (AvgIpc) is 2.67. The summed E-state index contributed by atoms with van der Waals surface area (Å²) in [6.45, 7) is 0. The van der Waals surface area contributed by atoms with Crippen molar-refractivity contribution < 1.29 is 4.79 Å². The van der Waals surface area contributed by atoms with Gasteiger partial charge in [0, 0.05) is 23.0 Å². The topological polar surface area (TPSA) is 54.0 Å². The third kappa shape index (κ3) is 4.61. The first-order valence-corrected chi connectivity index (χ1v) is 9.15. The van der Waals surface area contributed by atoms with Gasteiger partial charge >= 0.3 is 6.03 Å². The van der Waals surface area contributed by atoms with Crippen molar-refractivity contribution in [3.05, 3.63) is 90.3 Å². The SMILES string of the molecule is CSc1cccc(NC(=O)NC(c2ccccc2)c2ccncc2)c1. The van der Waals surface area contributed by atoms with E-state index in [0.717, 1.165) is 21.7 Å². The fourth-order valence-corrected chi connectivity index (χ4v) is 3.02.